The van der Waals surface area contributed by atoms with Crippen LogP contribution in [0.5, 0.6) is 0 Å². The fourth-order valence-electron chi connectivity index (χ4n) is 2.03. The van der Waals surface area contributed by atoms with Gasteiger partial charge in [0.15, 0.2) is 23.6 Å². The molecular weight excluding hydrogens is 365 g/mol. The Bertz CT molecular complexity index is 885. The Hall–Kier alpha value is -3.36. The number of hydrogen-bond acceptors (Lipinski definition) is 4. The van der Waals surface area contributed by atoms with Crippen LogP contribution in [-0.2, 0) is 14.3 Å². The minimum absolute atomic E-state index is 0.114. The average molecular weight is 380 g/mol. The Morgan fingerprint density at radius 3 is 2.15 bits per heavy atom. The number of rotatable bonds is 5. The molecule has 2 rings (SSSR count). The molecule has 2 aromatic rings. The number of nitrogens with one attached hydrogen (secondary N) is 2. The average Bonchev–Trinajstić information content (AvgIpc) is 2.62. The van der Waals surface area contributed by atoms with Crippen molar-refractivity contribution in [2.75, 3.05) is 10.6 Å². The lowest BCUT2D eigenvalue weighted by molar-refractivity contribution is -0.123. The fraction of sp³-hybridized carbons (Fsp3) is 0.167. The zero-order valence-electron chi connectivity index (χ0n) is 14.3. The first-order valence-electron chi connectivity index (χ1n) is 7.72. The summed E-state index contributed by atoms with van der Waals surface area (Å²) in [6.45, 7) is 2.56. The van der Waals surface area contributed by atoms with Crippen LogP contribution in [0.25, 0.3) is 0 Å². The third-order valence-corrected chi connectivity index (χ3v) is 3.39. The third kappa shape index (κ3) is 5.06. The number of carbonyl (C=O) groups excluding carboxylic acids is 3. The van der Waals surface area contributed by atoms with Crippen molar-refractivity contribution < 1.29 is 32.3 Å². The number of carbonyl (C=O) groups is 3. The van der Waals surface area contributed by atoms with Gasteiger partial charge in [0, 0.05) is 12.6 Å². The molecular formula is C18H15F3N2O4. The topological polar surface area (TPSA) is 84.5 Å². The van der Waals surface area contributed by atoms with Gasteiger partial charge in [0.1, 0.15) is 0 Å². The monoisotopic (exact) mass is 380 g/mol. The lowest BCUT2D eigenvalue weighted by Crippen LogP contribution is -2.30. The molecule has 0 aliphatic heterocycles. The predicted octanol–water partition coefficient (Wildman–Crippen LogP) is 3.25. The van der Waals surface area contributed by atoms with Gasteiger partial charge in [0.05, 0.1) is 11.3 Å². The highest BCUT2D eigenvalue weighted by molar-refractivity contribution is 5.97. The molecule has 6 nitrogen and oxygen atoms in total. The van der Waals surface area contributed by atoms with E-state index in [1.165, 1.54) is 38.1 Å². The maximum atomic E-state index is 13.6. The van der Waals surface area contributed by atoms with E-state index < -0.39 is 41.1 Å². The number of hydrogen-bond donors (Lipinski definition) is 2. The second-order valence-electron chi connectivity index (χ2n) is 5.52. The summed E-state index contributed by atoms with van der Waals surface area (Å²) >= 11 is 0. The van der Waals surface area contributed by atoms with Crippen LogP contribution in [0.4, 0.5) is 24.5 Å². The summed E-state index contributed by atoms with van der Waals surface area (Å²) in [6, 6.07) is 7.21. The summed E-state index contributed by atoms with van der Waals surface area (Å²) < 4.78 is 44.6. The van der Waals surface area contributed by atoms with Crippen LogP contribution in [0, 0.1) is 17.5 Å². The molecule has 0 saturated heterocycles. The van der Waals surface area contributed by atoms with Gasteiger partial charge < -0.3 is 15.4 Å². The van der Waals surface area contributed by atoms with Crippen molar-refractivity contribution in [3.63, 3.8) is 0 Å². The van der Waals surface area contributed by atoms with E-state index in [-0.39, 0.29) is 11.5 Å². The van der Waals surface area contributed by atoms with Gasteiger partial charge in [-0.3, -0.25) is 9.59 Å². The second kappa shape index (κ2) is 8.35. The number of ether oxygens (including phenoxy) is 1. The van der Waals surface area contributed by atoms with Gasteiger partial charge in [-0.15, -0.1) is 0 Å². The molecule has 0 unspecified atom stereocenters. The van der Waals surface area contributed by atoms with Crippen molar-refractivity contribution in [1.29, 1.82) is 0 Å². The molecule has 0 saturated carbocycles. The lowest BCUT2D eigenvalue weighted by atomic mass is 10.2. The number of benzene rings is 2. The second-order valence-corrected chi connectivity index (χ2v) is 5.52. The van der Waals surface area contributed by atoms with Crippen molar-refractivity contribution >= 4 is 29.2 Å². The molecule has 0 aliphatic carbocycles. The first-order valence-corrected chi connectivity index (χ1v) is 7.72. The van der Waals surface area contributed by atoms with Crippen LogP contribution in [-0.4, -0.2) is 23.9 Å². The Morgan fingerprint density at radius 1 is 0.926 bits per heavy atom. The zero-order chi connectivity index (χ0) is 20.1. The Kier molecular flexibility index (Phi) is 6.17. The van der Waals surface area contributed by atoms with Crippen molar-refractivity contribution in [2.24, 2.45) is 0 Å². The van der Waals surface area contributed by atoms with E-state index in [1.807, 2.05) is 5.32 Å². The van der Waals surface area contributed by atoms with Crippen molar-refractivity contribution in [3.8, 4) is 0 Å². The molecule has 0 spiro atoms. The summed E-state index contributed by atoms with van der Waals surface area (Å²) in [6.07, 6.45) is -1.33. The largest absolute Gasteiger partial charge is 0.449 e. The summed E-state index contributed by atoms with van der Waals surface area (Å²) in [4.78, 5) is 35.0. The summed E-state index contributed by atoms with van der Waals surface area (Å²) in [5.74, 6) is -6.72. The predicted molar refractivity (Wildman–Crippen MR) is 90.6 cm³/mol. The molecule has 0 fully saturated rings. The molecule has 0 radical (unpaired) electrons. The van der Waals surface area contributed by atoms with Crippen molar-refractivity contribution in [2.45, 2.75) is 20.0 Å². The van der Waals surface area contributed by atoms with Crippen LogP contribution >= 0.6 is 0 Å². The van der Waals surface area contributed by atoms with Crippen LogP contribution in [0.2, 0.25) is 0 Å². The number of esters is 1. The van der Waals surface area contributed by atoms with E-state index in [0.29, 0.717) is 11.8 Å². The van der Waals surface area contributed by atoms with E-state index in [4.69, 9.17) is 4.74 Å². The van der Waals surface area contributed by atoms with Gasteiger partial charge in [-0.2, -0.15) is 0 Å². The maximum absolute atomic E-state index is 13.6. The number of halogens is 3. The molecule has 2 amide bonds. The highest BCUT2D eigenvalue weighted by Crippen LogP contribution is 2.20. The van der Waals surface area contributed by atoms with Crippen LogP contribution in [0.15, 0.2) is 36.4 Å². The lowest BCUT2D eigenvalue weighted by Gasteiger charge is -2.14. The van der Waals surface area contributed by atoms with Gasteiger partial charge in [-0.1, -0.05) is 0 Å². The summed E-state index contributed by atoms with van der Waals surface area (Å²) in [7, 11) is 0. The van der Waals surface area contributed by atoms with Crippen LogP contribution < -0.4 is 10.6 Å². The molecule has 1 atom stereocenters. The van der Waals surface area contributed by atoms with Gasteiger partial charge in [0.2, 0.25) is 5.91 Å². The Balaban J connectivity index is 2.00. The summed E-state index contributed by atoms with van der Waals surface area (Å²) in [5, 5.41) is 4.54. The quantitative estimate of drug-likeness (QED) is 0.616. The molecule has 2 aromatic carbocycles. The molecule has 0 aliphatic rings. The van der Waals surface area contributed by atoms with Gasteiger partial charge in [-0.25, -0.2) is 18.0 Å². The molecule has 0 bridgehead atoms. The normalized spacial score (nSPS) is 11.4. The highest BCUT2D eigenvalue weighted by atomic mass is 19.2. The summed E-state index contributed by atoms with van der Waals surface area (Å²) in [5.41, 5.74) is 0.00266. The molecule has 2 N–H and O–H groups in total. The fourth-order valence-corrected chi connectivity index (χ4v) is 2.03. The minimum Gasteiger partial charge on any atom is -0.449 e. The van der Waals surface area contributed by atoms with Crippen LogP contribution in [0.1, 0.15) is 24.2 Å². The van der Waals surface area contributed by atoms with E-state index in [0.717, 1.165) is 6.07 Å². The molecule has 9 heteroatoms. The number of anilines is 2. The van der Waals surface area contributed by atoms with E-state index in [2.05, 4.69) is 5.32 Å². The van der Waals surface area contributed by atoms with Gasteiger partial charge in [0.25, 0.3) is 5.91 Å². The van der Waals surface area contributed by atoms with E-state index in [9.17, 15) is 27.6 Å². The minimum atomic E-state index is -1.73. The SMILES string of the molecule is CC(=O)Nc1ccc(C(=O)O[C@H](C)C(=O)Nc2ccc(F)c(F)c2F)cc1. The zero-order valence-corrected chi connectivity index (χ0v) is 14.3. The van der Waals surface area contributed by atoms with E-state index >= 15 is 0 Å². The Labute approximate surface area is 152 Å². The van der Waals surface area contributed by atoms with Gasteiger partial charge in [-0.05, 0) is 43.3 Å². The molecule has 142 valence electrons. The molecule has 0 heterocycles. The van der Waals surface area contributed by atoms with Gasteiger partial charge >= 0.3 is 5.97 Å². The number of amides is 2. The smallest absolute Gasteiger partial charge is 0.338 e. The van der Waals surface area contributed by atoms with Crippen LogP contribution in [0.3, 0.4) is 0 Å². The first-order chi connectivity index (χ1) is 12.7. The maximum Gasteiger partial charge on any atom is 0.338 e. The first kappa shape index (κ1) is 20.0. The van der Waals surface area contributed by atoms with Crippen molar-refractivity contribution in [1.82, 2.24) is 0 Å². The third-order valence-electron chi connectivity index (χ3n) is 3.39. The molecule has 0 aromatic heterocycles. The van der Waals surface area contributed by atoms with E-state index in [1.54, 1.807) is 0 Å². The Morgan fingerprint density at radius 2 is 1.56 bits per heavy atom. The van der Waals surface area contributed by atoms with Crippen molar-refractivity contribution in [3.05, 3.63) is 59.4 Å². The standard InChI is InChI=1S/C18H15F3N2O4/c1-9(17(25)23-14-8-7-13(19)15(20)16(14)21)27-18(26)11-3-5-12(6-4-11)22-10(2)24/h3-9H,1-2H3,(H,22,24)(H,23,25)/t9-/m1/s1. The highest BCUT2D eigenvalue weighted by Gasteiger charge is 2.22. The molecule has 27 heavy (non-hydrogen) atoms.